The molecule has 2 rings (SSSR count). The molecule has 0 aliphatic heterocycles. The van der Waals surface area contributed by atoms with Gasteiger partial charge in [0.15, 0.2) is 0 Å². The van der Waals surface area contributed by atoms with E-state index in [9.17, 15) is 5.11 Å². The van der Waals surface area contributed by atoms with Gasteiger partial charge < -0.3 is 5.11 Å². The fourth-order valence-electron chi connectivity index (χ4n) is 1.59. The Kier molecular flexibility index (Phi) is 2.65. The molecule has 0 radical (unpaired) electrons. The maximum absolute atomic E-state index is 9.74. The Labute approximate surface area is 94.0 Å². The number of hydrogen-bond donors (Lipinski definition) is 1. The number of aryl methyl sites for hydroxylation is 1. The zero-order chi connectivity index (χ0) is 10.8. The van der Waals surface area contributed by atoms with Gasteiger partial charge in [-0.25, -0.2) is 0 Å². The minimum atomic E-state index is 0.280. The number of halogens is 1. The van der Waals surface area contributed by atoms with Gasteiger partial charge in [-0.3, -0.25) is 0 Å². The fraction of sp³-hybridized carbons (Fsp3) is 0.0769. The third kappa shape index (κ3) is 1.97. The van der Waals surface area contributed by atoms with E-state index in [0.29, 0.717) is 5.02 Å². The first-order chi connectivity index (χ1) is 7.18. The summed E-state index contributed by atoms with van der Waals surface area (Å²) in [4.78, 5) is 0. The molecule has 0 unspecified atom stereocenters. The van der Waals surface area contributed by atoms with Gasteiger partial charge in [0.05, 0.1) is 0 Å². The molecular weight excluding hydrogens is 208 g/mol. The van der Waals surface area contributed by atoms with E-state index in [0.717, 1.165) is 16.7 Å². The quantitative estimate of drug-likeness (QED) is 0.767. The van der Waals surface area contributed by atoms with Gasteiger partial charge in [-0.05, 0) is 36.2 Å². The first-order valence-electron chi connectivity index (χ1n) is 4.73. The van der Waals surface area contributed by atoms with Crippen LogP contribution in [0.25, 0.3) is 11.1 Å². The highest BCUT2D eigenvalue weighted by Crippen LogP contribution is 2.32. The van der Waals surface area contributed by atoms with Crippen molar-refractivity contribution in [1.82, 2.24) is 0 Å². The van der Waals surface area contributed by atoms with Gasteiger partial charge in [-0.1, -0.05) is 35.9 Å². The SMILES string of the molecule is Cc1ccc(Cl)cc1-c1ccccc1O. The number of phenolic OH excluding ortho intramolecular Hbond substituents is 1. The molecule has 0 spiro atoms. The third-order valence-corrected chi connectivity index (χ3v) is 2.63. The predicted octanol–water partition coefficient (Wildman–Crippen LogP) is 4.02. The van der Waals surface area contributed by atoms with Gasteiger partial charge >= 0.3 is 0 Å². The van der Waals surface area contributed by atoms with Crippen molar-refractivity contribution in [3.8, 4) is 16.9 Å². The molecule has 0 bridgehead atoms. The van der Waals surface area contributed by atoms with Crippen LogP contribution in [0.3, 0.4) is 0 Å². The first-order valence-corrected chi connectivity index (χ1v) is 5.11. The van der Waals surface area contributed by atoms with E-state index in [1.165, 1.54) is 0 Å². The van der Waals surface area contributed by atoms with Gasteiger partial charge in [0.2, 0.25) is 0 Å². The van der Waals surface area contributed by atoms with Crippen LogP contribution in [0.4, 0.5) is 0 Å². The van der Waals surface area contributed by atoms with E-state index >= 15 is 0 Å². The molecule has 1 nitrogen and oxygen atoms in total. The van der Waals surface area contributed by atoms with Crippen molar-refractivity contribution in [3.63, 3.8) is 0 Å². The van der Waals surface area contributed by atoms with Crippen molar-refractivity contribution in [1.29, 1.82) is 0 Å². The molecule has 0 aromatic heterocycles. The summed E-state index contributed by atoms with van der Waals surface area (Å²) in [5.41, 5.74) is 2.89. The lowest BCUT2D eigenvalue weighted by atomic mass is 10.00. The second kappa shape index (κ2) is 3.95. The van der Waals surface area contributed by atoms with Crippen molar-refractivity contribution in [3.05, 3.63) is 53.1 Å². The molecule has 0 fully saturated rings. The van der Waals surface area contributed by atoms with E-state index in [-0.39, 0.29) is 5.75 Å². The largest absolute Gasteiger partial charge is 0.507 e. The van der Waals surface area contributed by atoms with Gasteiger partial charge in [-0.15, -0.1) is 0 Å². The Morgan fingerprint density at radius 2 is 1.73 bits per heavy atom. The zero-order valence-electron chi connectivity index (χ0n) is 8.37. The van der Waals surface area contributed by atoms with Crippen LogP contribution < -0.4 is 0 Å². The third-order valence-electron chi connectivity index (χ3n) is 2.39. The molecule has 2 heteroatoms. The average molecular weight is 219 g/mol. The van der Waals surface area contributed by atoms with E-state index in [1.807, 2.05) is 37.3 Å². The summed E-state index contributed by atoms with van der Waals surface area (Å²) in [7, 11) is 0. The van der Waals surface area contributed by atoms with Crippen molar-refractivity contribution in [2.45, 2.75) is 6.92 Å². The molecule has 2 aromatic rings. The Morgan fingerprint density at radius 1 is 1.00 bits per heavy atom. The zero-order valence-corrected chi connectivity index (χ0v) is 9.12. The van der Waals surface area contributed by atoms with Crippen molar-refractivity contribution >= 4 is 11.6 Å². The van der Waals surface area contributed by atoms with E-state index < -0.39 is 0 Å². The molecule has 0 aliphatic rings. The number of hydrogen-bond acceptors (Lipinski definition) is 1. The Hall–Kier alpha value is -1.47. The second-order valence-corrected chi connectivity index (χ2v) is 3.91. The number of aromatic hydroxyl groups is 1. The minimum Gasteiger partial charge on any atom is -0.507 e. The van der Waals surface area contributed by atoms with Crippen LogP contribution in [0.1, 0.15) is 5.56 Å². The van der Waals surface area contributed by atoms with Gasteiger partial charge in [0.25, 0.3) is 0 Å². The van der Waals surface area contributed by atoms with Crippen LogP contribution in [0.2, 0.25) is 5.02 Å². The lowest BCUT2D eigenvalue weighted by molar-refractivity contribution is 0.477. The number of phenols is 1. The number of rotatable bonds is 1. The van der Waals surface area contributed by atoms with E-state index in [1.54, 1.807) is 12.1 Å². The molecule has 0 amide bonds. The molecule has 0 saturated carbocycles. The second-order valence-electron chi connectivity index (χ2n) is 3.48. The Balaban J connectivity index is 2.64. The van der Waals surface area contributed by atoms with E-state index in [4.69, 9.17) is 11.6 Å². The lowest BCUT2D eigenvalue weighted by Crippen LogP contribution is -1.83. The highest BCUT2D eigenvalue weighted by atomic mass is 35.5. The number of benzene rings is 2. The maximum Gasteiger partial charge on any atom is 0.123 e. The number of para-hydroxylation sites is 1. The average Bonchev–Trinajstić information content (AvgIpc) is 2.23. The molecular formula is C13H11ClO. The minimum absolute atomic E-state index is 0.280. The summed E-state index contributed by atoms with van der Waals surface area (Å²) in [6.07, 6.45) is 0. The van der Waals surface area contributed by atoms with Gasteiger partial charge in [0.1, 0.15) is 5.75 Å². The first kappa shape index (κ1) is 10.1. The molecule has 76 valence electrons. The summed E-state index contributed by atoms with van der Waals surface area (Å²) in [6.45, 7) is 2.00. The monoisotopic (exact) mass is 218 g/mol. The molecule has 0 aliphatic carbocycles. The normalized spacial score (nSPS) is 10.3. The lowest BCUT2D eigenvalue weighted by Gasteiger charge is -2.08. The molecule has 0 atom stereocenters. The molecule has 0 saturated heterocycles. The van der Waals surface area contributed by atoms with Crippen LogP contribution in [0, 0.1) is 6.92 Å². The molecule has 1 N–H and O–H groups in total. The molecule has 2 aromatic carbocycles. The maximum atomic E-state index is 9.74. The smallest absolute Gasteiger partial charge is 0.123 e. The molecule has 0 heterocycles. The van der Waals surface area contributed by atoms with Crippen molar-refractivity contribution in [2.75, 3.05) is 0 Å². The summed E-state index contributed by atoms with van der Waals surface area (Å²) in [6, 6.07) is 12.9. The van der Waals surface area contributed by atoms with Crippen molar-refractivity contribution < 1.29 is 5.11 Å². The predicted molar refractivity (Wildman–Crippen MR) is 63.3 cm³/mol. The summed E-state index contributed by atoms with van der Waals surface area (Å²) in [5, 5.41) is 10.4. The molecule has 15 heavy (non-hydrogen) atoms. The standard InChI is InChI=1S/C13H11ClO/c1-9-6-7-10(14)8-12(9)11-4-2-3-5-13(11)15/h2-8,15H,1H3. The van der Waals surface area contributed by atoms with Crippen LogP contribution in [-0.4, -0.2) is 5.11 Å². The summed E-state index contributed by atoms with van der Waals surface area (Å²) in [5.74, 6) is 0.280. The highest BCUT2D eigenvalue weighted by Gasteiger charge is 2.06. The van der Waals surface area contributed by atoms with Crippen molar-refractivity contribution in [2.24, 2.45) is 0 Å². The fourth-order valence-corrected chi connectivity index (χ4v) is 1.76. The Morgan fingerprint density at radius 3 is 2.47 bits per heavy atom. The summed E-state index contributed by atoms with van der Waals surface area (Å²) >= 11 is 5.94. The van der Waals surface area contributed by atoms with Crippen LogP contribution in [-0.2, 0) is 0 Å². The summed E-state index contributed by atoms with van der Waals surface area (Å²) < 4.78 is 0. The van der Waals surface area contributed by atoms with Crippen LogP contribution >= 0.6 is 11.6 Å². The Bertz CT molecular complexity index is 492. The van der Waals surface area contributed by atoms with Gasteiger partial charge in [-0.2, -0.15) is 0 Å². The topological polar surface area (TPSA) is 20.2 Å². The highest BCUT2D eigenvalue weighted by molar-refractivity contribution is 6.30. The van der Waals surface area contributed by atoms with Crippen LogP contribution in [0.5, 0.6) is 5.75 Å². The van der Waals surface area contributed by atoms with Gasteiger partial charge in [0, 0.05) is 10.6 Å². The van der Waals surface area contributed by atoms with E-state index in [2.05, 4.69) is 0 Å². The van der Waals surface area contributed by atoms with Crippen LogP contribution in [0.15, 0.2) is 42.5 Å².